The molecule has 1 aliphatic carbocycles. The molecule has 4 heteroatoms. The minimum Gasteiger partial charge on any atom is -0.315 e. The van der Waals surface area contributed by atoms with Crippen molar-refractivity contribution < 1.29 is 9.59 Å². The van der Waals surface area contributed by atoms with Crippen molar-refractivity contribution in [2.75, 3.05) is 13.1 Å². The predicted molar refractivity (Wildman–Crippen MR) is 63.1 cm³/mol. The van der Waals surface area contributed by atoms with Gasteiger partial charge in [-0.05, 0) is 38.1 Å². The Kier molecular flexibility index (Phi) is 2.69. The highest BCUT2D eigenvalue weighted by Gasteiger charge is 2.48. The third-order valence-corrected chi connectivity index (χ3v) is 4.72. The number of rotatable bonds is 1. The Labute approximate surface area is 102 Å². The lowest BCUT2D eigenvalue weighted by molar-refractivity contribution is -0.157. The molecule has 1 saturated carbocycles. The number of nitrogens with zero attached hydrogens (tertiary/aromatic N) is 1. The van der Waals surface area contributed by atoms with E-state index in [4.69, 9.17) is 0 Å². The van der Waals surface area contributed by atoms with Crippen LogP contribution in [0.15, 0.2) is 0 Å². The van der Waals surface area contributed by atoms with Gasteiger partial charge in [0, 0.05) is 18.4 Å². The van der Waals surface area contributed by atoms with Crippen LogP contribution < -0.4 is 5.32 Å². The van der Waals surface area contributed by atoms with E-state index in [2.05, 4.69) is 12.2 Å². The second kappa shape index (κ2) is 4.09. The maximum atomic E-state index is 12.3. The molecule has 0 aromatic heterocycles. The predicted octanol–water partition coefficient (Wildman–Crippen LogP) is 0.769. The fourth-order valence-electron chi connectivity index (χ4n) is 3.58. The Morgan fingerprint density at radius 1 is 1.12 bits per heavy atom. The van der Waals surface area contributed by atoms with E-state index in [-0.39, 0.29) is 29.7 Å². The van der Waals surface area contributed by atoms with E-state index in [1.165, 1.54) is 0 Å². The highest BCUT2D eigenvalue weighted by molar-refractivity contribution is 6.01. The molecule has 4 atom stereocenters. The summed E-state index contributed by atoms with van der Waals surface area (Å²) in [5.41, 5.74) is 0. The smallest absolute Gasteiger partial charge is 0.232 e. The van der Waals surface area contributed by atoms with Crippen LogP contribution in [0.1, 0.15) is 32.6 Å². The summed E-state index contributed by atoms with van der Waals surface area (Å²) in [6, 6.07) is 0.0900. The summed E-state index contributed by atoms with van der Waals surface area (Å²) < 4.78 is 0. The van der Waals surface area contributed by atoms with Gasteiger partial charge in [0.05, 0.1) is 6.04 Å². The highest BCUT2D eigenvalue weighted by Crippen LogP contribution is 2.40. The molecule has 3 fully saturated rings. The number of likely N-dealkylation sites (tertiary alicyclic amines) is 1. The molecule has 94 valence electrons. The number of amides is 2. The molecule has 2 heterocycles. The third kappa shape index (κ3) is 1.69. The first-order valence-corrected chi connectivity index (χ1v) is 6.76. The topological polar surface area (TPSA) is 49.4 Å². The second-order valence-electron chi connectivity index (χ2n) is 5.79. The number of carbonyl (C=O) groups excluding carboxylic acids is 2. The van der Waals surface area contributed by atoms with Gasteiger partial charge in [0.2, 0.25) is 11.8 Å². The Morgan fingerprint density at radius 3 is 2.35 bits per heavy atom. The molecule has 0 aromatic carbocycles. The van der Waals surface area contributed by atoms with Crippen molar-refractivity contribution in [1.29, 1.82) is 0 Å². The summed E-state index contributed by atoms with van der Waals surface area (Å²) in [6.45, 7) is 3.93. The second-order valence-corrected chi connectivity index (χ2v) is 5.79. The monoisotopic (exact) mass is 236 g/mol. The van der Waals surface area contributed by atoms with E-state index >= 15 is 0 Å². The maximum Gasteiger partial charge on any atom is 0.232 e. The van der Waals surface area contributed by atoms with E-state index in [0.717, 1.165) is 38.8 Å². The number of nitrogens with one attached hydrogen (secondary N) is 1. The van der Waals surface area contributed by atoms with Gasteiger partial charge < -0.3 is 5.32 Å². The van der Waals surface area contributed by atoms with Gasteiger partial charge in [0.1, 0.15) is 0 Å². The molecule has 2 aliphatic heterocycles. The van der Waals surface area contributed by atoms with Gasteiger partial charge in [-0.3, -0.25) is 14.5 Å². The number of piperidine rings is 2. The summed E-state index contributed by atoms with van der Waals surface area (Å²) in [5, 5.41) is 3.31. The van der Waals surface area contributed by atoms with Crippen LogP contribution in [0.25, 0.3) is 0 Å². The lowest BCUT2D eigenvalue weighted by Gasteiger charge is -2.41. The zero-order valence-corrected chi connectivity index (χ0v) is 10.3. The zero-order chi connectivity index (χ0) is 12.0. The molecule has 4 unspecified atom stereocenters. The lowest BCUT2D eigenvalue weighted by atomic mass is 9.88. The highest BCUT2D eigenvalue weighted by atomic mass is 16.2. The summed E-state index contributed by atoms with van der Waals surface area (Å²) in [4.78, 5) is 26.2. The fraction of sp³-hybridized carbons (Fsp3) is 0.846. The Bertz CT molecular complexity index is 333. The van der Waals surface area contributed by atoms with E-state index < -0.39 is 0 Å². The number of imide groups is 1. The number of hydrogen-bond acceptors (Lipinski definition) is 3. The average molecular weight is 236 g/mol. The van der Waals surface area contributed by atoms with Crippen LogP contribution in [-0.2, 0) is 9.59 Å². The van der Waals surface area contributed by atoms with Crippen molar-refractivity contribution in [3.8, 4) is 0 Å². The van der Waals surface area contributed by atoms with E-state index in [0.29, 0.717) is 5.92 Å². The molecule has 1 N–H and O–H groups in total. The molecule has 3 aliphatic rings. The van der Waals surface area contributed by atoms with E-state index in [9.17, 15) is 9.59 Å². The van der Waals surface area contributed by atoms with Gasteiger partial charge in [-0.2, -0.15) is 0 Å². The van der Waals surface area contributed by atoms with Crippen LogP contribution in [0.2, 0.25) is 0 Å². The maximum absolute atomic E-state index is 12.3. The summed E-state index contributed by atoms with van der Waals surface area (Å²) in [5.74, 6) is 0.897. The normalized spacial score (nSPS) is 42.1. The number of fused-ring (bicyclic) bond motifs is 2. The first kappa shape index (κ1) is 11.2. The third-order valence-electron chi connectivity index (χ3n) is 4.72. The summed E-state index contributed by atoms with van der Waals surface area (Å²) in [7, 11) is 0. The first-order chi connectivity index (χ1) is 8.18. The first-order valence-electron chi connectivity index (χ1n) is 6.76. The zero-order valence-electron chi connectivity index (χ0n) is 10.3. The van der Waals surface area contributed by atoms with Crippen LogP contribution in [0.5, 0.6) is 0 Å². The van der Waals surface area contributed by atoms with Crippen LogP contribution in [-0.4, -0.2) is 35.8 Å². The van der Waals surface area contributed by atoms with Crippen LogP contribution in [0.4, 0.5) is 0 Å². The van der Waals surface area contributed by atoms with Gasteiger partial charge in [-0.25, -0.2) is 0 Å². The molecule has 17 heavy (non-hydrogen) atoms. The molecule has 4 nitrogen and oxygen atoms in total. The number of hydrogen-bond donors (Lipinski definition) is 1. The SMILES string of the molecule is CC1CCNCC1N1C(=O)C2CCC(C2)C1=O. The minimum atomic E-state index is 0.0900. The van der Waals surface area contributed by atoms with Crippen molar-refractivity contribution in [3.63, 3.8) is 0 Å². The molecule has 2 saturated heterocycles. The molecular formula is C13H20N2O2. The molecule has 2 amide bonds. The van der Waals surface area contributed by atoms with Crippen LogP contribution in [0.3, 0.4) is 0 Å². The Balaban J connectivity index is 1.85. The minimum absolute atomic E-state index is 0.0900. The Hall–Kier alpha value is -0.900. The Morgan fingerprint density at radius 2 is 1.76 bits per heavy atom. The standard InChI is InChI=1S/C13H20N2O2/c1-8-4-5-14-7-11(8)15-12(16)9-2-3-10(6-9)13(15)17/h8-11,14H,2-7H2,1H3. The summed E-state index contributed by atoms with van der Waals surface area (Å²) >= 11 is 0. The van der Waals surface area contributed by atoms with Gasteiger partial charge in [-0.1, -0.05) is 6.92 Å². The van der Waals surface area contributed by atoms with Gasteiger partial charge in [0.25, 0.3) is 0 Å². The van der Waals surface area contributed by atoms with Crippen molar-refractivity contribution in [2.24, 2.45) is 17.8 Å². The van der Waals surface area contributed by atoms with Crippen molar-refractivity contribution in [2.45, 2.75) is 38.6 Å². The fourth-order valence-corrected chi connectivity index (χ4v) is 3.58. The van der Waals surface area contributed by atoms with Crippen molar-refractivity contribution in [1.82, 2.24) is 10.2 Å². The van der Waals surface area contributed by atoms with Crippen LogP contribution >= 0.6 is 0 Å². The molecule has 0 aromatic rings. The lowest BCUT2D eigenvalue weighted by Crippen LogP contribution is -2.58. The van der Waals surface area contributed by atoms with Gasteiger partial charge in [-0.15, -0.1) is 0 Å². The molecule has 3 rings (SSSR count). The average Bonchev–Trinajstić information content (AvgIpc) is 2.76. The van der Waals surface area contributed by atoms with Crippen LogP contribution in [0, 0.1) is 17.8 Å². The molecule has 2 bridgehead atoms. The molecular weight excluding hydrogens is 216 g/mol. The van der Waals surface area contributed by atoms with E-state index in [1.54, 1.807) is 4.90 Å². The summed E-state index contributed by atoms with van der Waals surface area (Å²) in [6.07, 6.45) is 3.69. The van der Waals surface area contributed by atoms with Crippen molar-refractivity contribution >= 4 is 11.8 Å². The van der Waals surface area contributed by atoms with Crippen molar-refractivity contribution in [3.05, 3.63) is 0 Å². The van der Waals surface area contributed by atoms with Gasteiger partial charge >= 0.3 is 0 Å². The van der Waals surface area contributed by atoms with E-state index in [1.807, 2.05) is 0 Å². The number of carbonyl (C=O) groups is 2. The molecule has 0 spiro atoms. The largest absolute Gasteiger partial charge is 0.315 e. The quantitative estimate of drug-likeness (QED) is 0.684. The molecule has 0 radical (unpaired) electrons. The van der Waals surface area contributed by atoms with Gasteiger partial charge in [0.15, 0.2) is 0 Å².